The quantitative estimate of drug-likeness (QED) is 0.471. The Morgan fingerprint density at radius 3 is 2.53 bits per heavy atom. The predicted octanol–water partition coefficient (Wildman–Crippen LogP) is -0.203. The van der Waals surface area contributed by atoms with Gasteiger partial charge < -0.3 is 29.9 Å². The van der Waals surface area contributed by atoms with Gasteiger partial charge in [-0.2, -0.15) is 0 Å². The first kappa shape index (κ1) is 22.7. The smallest absolute Gasteiger partial charge is 0.443 e. The first-order chi connectivity index (χ1) is 14.1. The fraction of sp³-hybridized carbons (Fsp3) is 0.556. The molecule has 0 saturated carbocycles. The van der Waals surface area contributed by atoms with Crippen molar-refractivity contribution in [3.8, 4) is 0 Å². The molecule has 0 radical (unpaired) electrons. The van der Waals surface area contributed by atoms with Gasteiger partial charge in [-0.1, -0.05) is 0 Å². The number of aromatic nitrogens is 1. The second-order valence-corrected chi connectivity index (χ2v) is 9.04. The van der Waals surface area contributed by atoms with E-state index >= 15 is 0 Å². The van der Waals surface area contributed by atoms with Crippen LogP contribution in [0.2, 0.25) is 0 Å². The number of amides is 1. The highest BCUT2D eigenvalue weighted by molar-refractivity contribution is 7.23. The summed E-state index contributed by atoms with van der Waals surface area (Å²) in [6.45, 7) is 6.89. The first-order valence-corrected chi connectivity index (χ1v) is 10.4. The molecular formula is C18H26BN3O7S. The van der Waals surface area contributed by atoms with Gasteiger partial charge in [-0.3, -0.25) is 14.3 Å². The summed E-state index contributed by atoms with van der Waals surface area (Å²) in [5.74, 6) is -0.366. The zero-order valence-electron chi connectivity index (χ0n) is 17.1. The van der Waals surface area contributed by atoms with Gasteiger partial charge in [-0.05, 0) is 32.9 Å². The van der Waals surface area contributed by atoms with Crippen LogP contribution >= 0.6 is 11.3 Å². The monoisotopic (exact) mass is 439 g/mol. The highest BCUT2D eigenvalue weighted by Crippen LogP contribution is 2.31. The minimum Gasteiger partial charge on any atom is -0.443 e. The maximum atomic E-state index is 12.7. The average molecular weight is 439 g/mol. The van der Waals surface area contributed by atoms with Crippen LogP contribution in [0.4, 0.5) is 9.80 Å². The third kappa shape index (κ3) is 5.02. The van der Waals surface area contributed by atoms with E-state index in [1.54, 1.807) is 26.8 Å². The molecule has 12 heteroatoms. The van der Waals surface area contributed by atoms with E-state index in [-0.39, 0.29) is 18.1 Å². The van der Waals surface area contributed by atoms with Crippen LogP contribution < -0.4 is 10.9 Å². The Balaban J connectivity index is 1.86. The molecule has 1 fully saturated rings. The van der Waals surface area contributed by atoms with Crippen molar-refractivity contribution in [2.45, 2.75) is 32.4 Å². The number of fused-ring (bicyclic) bond motifs is 1. The predicted molar refractivity (Wildman–Crippen MR) is 113 cm³/mol. The van der Waals surface area contributed by atoms with E-state index in [4.69, 9.17) is 9.47 Å². The summed E-state index contributed by atoms with van der Waals surface area (Å²) in [6, 6.07) is 2.33. The van der Waals surface area contributed by atoms with Crippen molar-refractivity contribution in [3.05, 3.63) is 12.1 Å². The van der Waals surface area contributed by atoms with E-state index < -0.39 is 24.9 Å². The Labute approximate surface area is 178 Å². The molecule has 1 aliphatic heterocycles. The summed E-state index contributed by atoms with van der Waals surface area (Å²) in [5.41, 5.74) is -0.408. The molecule has 0 unspecified atom stereocenters. The molecule has 0 spiro atoms. The highest BCUT2D eigenvalue weighted by Gasteiger charge is 2.30. The molecule has 0 aromatic carbocycles. The molecule has 0 bridgehead atoms. The molecule has 10 nitrogen and oxygen atoms in total. The van der Waals surface area contributed by atoms with Gasteiger partial charge in [0, 0.05) is 13.1 Å². The molecule has 0 aliphatic carbocycles. The van der Waals surface area contributed by atoms with Crippen molar-refractivity contribution >= 4 is 51.3 Å². The van der Waals surface area contributed by atoms with E-state index in [1.165, 1.54) is 17.4 Å². The topological polar surface area (TPSA) is 133 Å². The van der Waals surface area contributed by atoms with Crippen LogP contribution in [0.25, 0.3) is 10.2 Å². The third-order valence-electron chi connectivity index (χ3n) is 4.57. The molecule has 30 heavy (non-hydrogen) atoms. The van der Waals surface area contributed by atoms with E-state index in [0.717, 1.165) is 4.57 Å². The lowest BCUT2D eigenvalue weighted by Crippen LogP contribution is -2.51. The molecule has 3 heterocycles. The summed E-state index contributed by atoms with van der Waals surface area (Å²) in [6.07, 6.45) is -0.752. The largest absolute Gasteiger partial charge is 0.506 e. The summed E-state index contributed by atoms with van der Waals surface area (Å²) < 4.78 is 12.3. The zero-order valence-corrected chi connectivity index (χ0v) is 17.9. The van der Waals surface area contributed by atoms with Crippen molar-refractivity contribution in [1.82, 2.24) is 9.47 Å². The molecule has 1 aliphatic rings. The minimum atomic E-state index is -1.87. The van der Waals surface area contributed by atoms with Crippen LogP contribution in [0.5, 0.6) is 0 Å². The standard InChI is InChI=1S/C18H26BN3O7S/c1-18(2,3)29-17(25)22-11-8-15(30-13(11)9-14(22)19(26)27)20-16(24)12(10-23)21-4-6-28-7-5-21/h8-9,12,23,26-27H,4-7,10H2,1-3H3,(H,20,24)/t12-/m0/s1. The van der Waals surface area contributed by atoms with Crippen LogP contribution in [0.3, 0.4) is 0 Å². The minimum absolute atomic E-state index is 0.0232. The zero-order chi connectivity index (χ0) is 22.1. The maximum absolute atomic E-state index is 12.7. The van der Waals surface area contributed by atoms with Crippen molar-refractivity contribution in [2.75, 3.05) is 38.2 Å². The molecular weight excluding hydrogens is 413 g/mol. The molecule has 2 aromatic rings. The van der Waals surface area contributed by atoms with Gasteiger partial charge in [-0.25, -0.2) is 4.79 Å². The van der Waals surface area contributed by atoms with Gasteiger partial charge in [0.2, 0.25) is 5.91 Å². The van der Waals surface area contributed by atoms with Gasteiger partial charge >= 0.3 is 13.2 Å². The van der Waals surface area contributed by atoms with Crippen LogP contribution in [0.1, 0.15) is 20.8 Å². The molecule has 2 aromatic heterocycles. The van der Waals surface area contributed by atoms with Crippen molar-refractivity contribution < 1.29 is 34.2 Å². The molecule has 4 N–H and O–H groups in total. The fourth-order valence-corrected chi connectivity index (χ4v) is 4.23. The van der Waals surface area contributed by atoms with Gasteiger partial charge in [0.05, 0.1) is 40.6 Å². The van der Waals surface area contributed by atoms with Gasteiger partial charge in [0.1, 0.15) is 11.6 Å². The number of carbonyl (C=O) groups excluding carboxylic acids is 2. The fourth-order valence-electron chi connectivity index (χ4n) is 3.23. The van der Waals surface area contributed by atoms with Crippen LogP contribution in [0, 0.1) is 0 Å². The number of hydrogen-bond acceptors (Lipinski definition) is 9. The summed E-state index contributed by atoms with van der Waals surface area (Å²) in [5, 5.41) is 32.2. The van der Waals surface area contributed by atoms with Crippen molar-refractivity contribution in [2.24, 2.45) is 0 Å². The lowest BCUT2D eigenvalue weighted by molar-refractivity contribution is -0.124. The van der Waals surface area contributed by atoms with Crippen LogP contribution in [-0.2, 0) is 14.3 Å². The number of aliphatic hydroxyl groups excluding tert-OH is 1. The number of carbonyl (C=O) groups is 2. The number of ether oxygens (including phenoxy) is 2. The van der Waals surface area contributed by atoms with E-state index in [9.17, 15) is 24.7 Å². The summed E-state index contributed by atoms with van der Waals surface area (Å²) in [4.78, 5) is 27.2. The normalized spacial score (nSPS) is 16.5. The number of rotatable bonds is 5. The van der Waals surface area contributed by atoms with Gasteiger partial charge in [-0.15, -0.1) is 11.3 Å². The molecule has 1 amide bonds. The number of anilines is 1. The number of nitrogens with one attached hydrogen (secondary N) is 1. The number of hydrogen-bond donors (Lipinski definition) is 4. The van der Waals surface area contributed by atoms with Crippen LogP contribution in [0.15, 0.2) is 12.1 Å². The maximum Gasteiger partial charge on any atom is 0.506 e. The number of nitrogens with zero attached hydrogens (tertiary/aromatic N) is 2. The molecule has 164 valence electrons. The SMILES string of the molecule is CC(C)(C)OC(=O)n1c(B(O)O)cc2sc(NC(=O)[C@H](CO)N3CCOCC3)cc21. The van der Waals surface area contributed by atoms with E-state index in [1.807, 2.05) is 4.90 Å². The van der Waals surface area contributed by atoms with E-state index in [2.05, 4.69) is 5.32 Å². The lowest BCUT2D eigenvalue weighted by Gasteiger charge is -2.32. The van der Waals surface area contributed by atoms with Crippen LogP contribution in [-0.4, -0.2) is 88.3 Å². The van der Waals surface area contributed by atoms with Gasteiger partial charge in [0.25, 0.3) is 0 Å². The Morgan fingerprint density at radius 1 is 1.30 bits per heavy atom. The number of aliphatic hydroxyl groups is 1. The highest BCUT2D eigenvalue weighted by atomic mass is 32.1. The lowest BCUT2D eigenvalue weighted by atomic mass is 9.86. The number of morpholine rings is 1. The summed E-state index contributed by atoms with van der Waals surface area (Å²) in [7, 11) is -1.87. The Kier molecular flexibility index (Phi) is 6.85. The average Bonchev–Trinajstić information content (AvgIpc) is 3.18. The Morgan fingerprint density at radius 2 is 1.97 bits per heavy atom. The number of thiophene rings is 1. The second kappa shape index (κ2) is 9.04. The molecule has 1 saturated heterocycles. The Bertz CT molecular complexity index is 915. The van der Waals surface area contributed by atoms with Crippen molar-refractivity contribution in [3.63, 3.8) is 0 Å². The Hall–Kier alpha value is -1.96. The first-order valence-electron chi connectivity index (χ1n) is 9.59. The summed E-state index contributed by atoms with van der Waals surface area (Å²) >= 11 is 1.18. The second-order valence-electron chi connectivity index (χ2n) is 7.95. The van der Waals surface area contributed by atoms with E-state index in [0.29, 0.717) is 41.5 Å². The third-order valence-corrected chi connectivity index (χ3v) is 5.55. The molecule has 1 atom stereocenters. The molecule has 3 rings (SSSR count). The van der Waals surface area contributed by atoms with Gasteiger partial charge in [0.15, 0.2) is 0 Å². The van der Waals surface area contributed by atoms with Crippen molar-refractivity contribution in [1.29, 1.82) is 0 Å².